The lowest BCUT2D eigenvalue weighted by Crippen LogP contribution is -2.17. The van der Waals surface area contributed by atoms with E-state index in [4.69, 9.17) is 0 Å². The second-order valence-corrected chi connectivity index (χ2v) is 4.61. The van der Waals surface area contributed by atoms with Crippen molar-refractivity contribution in [3.63, 3.8) is 0 Å². The molecule has 5 nitrogen and oxygen atoms in total. The number of alkyl halides is 3. The van der Waals surface area contributed by atoms with Crippen LogP contribution in [0.25, 0.3) is 0 Å². The second-order valence-electron chi connectivity index (χ2n) is 4.61. The van der Waals surface area contributed by atoms with E-state index in [2.05, 4.69) is 15.6 Å². The fourth-order valence-corrected chi connectivity index (χ4v) is 1.85. The number of para-hydroxylation sites is 1. The number of anilines is 2. The molecule has 0 spiro atoms. The number of pyridine rings is 1. The predicted octanol–water partition coefficient (Wildman–Crippen LogP) is 3.31. The standard InChI is InChI=1S/C15H12F3N3O2/c1-9(22)20-13-8-10(6-7-19-13)14(23)21-12-5-3-2-4-11(12)15(16,17)18/h2-8H,1H3,(H,21,23)(H,19,20,22). The molecule has 0 fully saturated rings. The summed E-state index contributed by atoms with van der Waals surface area (Å²) < 4.78 is 38.7. The molecule has 1 aromatic heterocycles. The number of carbonyl (C=O) groups is 2. The summed E-state index contributed by atoms with van der Waals surface area (Å²) in [6.45, 7) is 1.27. The highest BCUT2D eigenvalue weighted by Gasteiger charge is 2.33. The zero-order chi connectivity index (χ0) is 17.0. The number of amides is 2. The van der Waals surface area contributed by atoms with Crippen molar-refractivity contribution in [2.24, 2.45) is 0 Å². The van der Waals surface area contributed by atoms with Crippen LogP contribution in [0.4, 0.5) is 24.7 Å². The molecular formula is C15H12F3N3O2. The Morgan fingerprint density at radius 3 is 2.43 bits per heavy atom. The number of hydrogen-bond donors (Lipinski definition) is 2. The quantitative estimate of drug-likeness (QED) is 0.910. The molecule has 0 saturated heterocycles. The van der Waals surface area contributed by atoms with Crippen LogP contribution in [0.15, 0.2) is 42.6 Å². The third-order valence-electron chi connectivity index (χ3n) is 2.81. The third-order valence-corrected chi connectivity index (χ3v) is 2.81. The summed E-state index contributed by atoms with van der Waals surface area (Å²) in [7, 11) is 0. The van der Waals surface area contributed by atoms with Crippen LogP contribution in [0.3, 0.4) is 0 Å². The molecule has 2 amide bonds. The Bertz CT molecular complexity index is 745. The van der Waals surface area contributed by atoms with Gasteiger partial charge in [0.25, 0.3) is 5.91 Å². The van der Waals surface area contributed by atoms with Crippen molar-refractivity contribution in [1.82, 2.24) is 4.98 Å². The van der Waals surface area contributed by atoms with Gasteiger partial charge in [-0.3, -0.25) is 9.59 Å². The molecule has 0 aliphatic rings. The summed E-state index contributed by atoms with van der Waals surface area (Å²) >= 11 is 0. The molecule has 120 valence electrons. The minimum absolute atomic E-state index is 0.0701. The maximum Gasteiger partial charge on any atom is 0.418 e. The molecule has 1 aromatic carbocycles. The van der Waals surface area contributed by atoms with Crippen LogP contribution in [0, 0.1) is 0 Å². The van der Waals surface area contributed by atoms with Crippen molar-refractivity contribution in [3.8, 4) is 0 Å². The fraction of sp³-hybridized carbons (Fsp3) is 0.133. The molecule has 0 unspecified atom stereocenters. The molecule has 0 saturated carbocycles. The molecule has 1 heterocycles. The molecule has 2 aromatic rings. The van der Waals surface area contributed by atoms with Crippen molar-refractivity contribution >= 4 is 23.3 Å². The molecule has 2 rings (SSSR count). The van der Waals surface area contributed by atoms with Crippen molar-refractivity contribution in [3.05, 3.63) is 53.7 Å². The van der Waals surface area contributed by atoms with Gasteiger partial charge < -0.3 is 10.6 Å². The van der Waals surface area contributed by atoms with Gasteiger partial charge in [0.2, 0.25) is 5.91 Å². The van der Waals surface area contributed by atoms with Crippen molar-refractivity contribution in [2.75, 3.05) is 10.6 Å². The van der Waals surface area contributed by atoms with Crippen LogP contribution in [0.2, 0.25) is 0 Å². The summed E-state index contributed by atoms with van der Waals surface area (Å²) in [6.07, 6.45) is -3.31. The Kier molecular flexibility index (Phi) is 4.63. The zero-order valence-corrected chi connectivity index (χ0v) is 11.9. The lowest BCUT2D eigenvalue weighted by molar-refractivity contribution is -0.136. The minimum atomic E-state index is -4.58. The van der Waals surface area contributed by atoms with Gasteiger partial charge in [-0.25, -0.2) is 4.98 Å². The van der Waals surface area contributed by atoms with E-state index in [-0.39, 0.29) is 23.0 Å². The molecule has 0 aliphatic carbocycles. The Morgan fingerprint density at radius 2 is 1.78 bits per heavy atom. The molecule has 0 radical (unpaired) electrons. The van der Waals surface area contributed by atoms with Gasteiger partial charge in [0.05, 0.1) is 11.3 Å². The van der Waals surface area contributed by atoms with Crippen LogP contribution in [0.1, 0.15) is 22.8 Å². The highest BCUT2D eigenvalue weighted by atomic mass is 19.4. The largest absolute Gasteiger partial charge is 0.418 e. The van der Waals surface area contributed by atoms with Gasteiger partial charge in [-0.15, -0.1) is 0 Å². The SMILES string of the molecule is CC(=O)Nc1cc(C(=O)Nc2ccccc2C(F)(F)F)ccn1. The van der Waals surface area contributed by atoms with E-state index in [1.165, 1.54) is 37.4 Å². The Hall–Kier alpha value is -2.90. The lowest BCUT2D eigenvalue weighted by atomic mass is 10.1. The first kappa shape index (κ1) is 16.5. The van der Waals surface area contributed by atoms with Gasteiger partial charge in [-0.2, -0.15) is 13.2 Å². The van der Waals surface area contributed by atoms with Crippen LogP contribution >= 0.6 is 0 Å². The van der Waals surface area contributed by atoms with E-state index in [0.29, 0.717) is 0 Å². The monoisotopic (exact) mass is 323 g/mol. The number of nitrogens with zero attached hydrogens (tertiary/aromatic N) is 1. The van der Waals surface area contributed by atoms with E-state index in [0.717, 1.165) is 12.1 Å². The van der Waals surface area contributed by atoms with Gasteiger partial charge >= 0.3 is 6.18 Å². The summed E-state index contributed by atoms with van der Waals surface area (Å²) in [5.41, 5.74) is -1.21. The van der Waals surface area contributed by atoms with Crippen molar-refractivity contribution in [1.29, 1.82) is 0 Å². The number of aromatic nitrogens is 1. The van der Waals surface area contributed by atoms with Crippen LogP contribution in [-0.4, -0.2) is 16.8 Å². The highest BCUT2D eigenvalue weighted by molar-refractivity contribution is 6.05. The van der Waals surface area contributed by atoms with Gasteiger partial charge in [0, 0.05) is 18.7 Å². The normalized spacial score (nSPS) is 11.0. The topological polar surface area (TPSA) is 71.1 Å². The highest BCUT2D eigenvalue weighted by Crippen LogP contribution is 2.34. The lowest BCUT2D eigenvalue weighted by Gasteiger charge is -2.13. The summed E-state index contributed by atoms with van der Waals surface area (Å²) in [5.74, 6) is -0.984. The minimum Gasteiger partial charge on any atom is -0.321 e. The number of rotatable bonds is 3. The van der Waals surface area contributed by atoms with E-state index in [9.17, 15) is 22.8 Å². The van der Waals surface area contributed by atoms with Gasteiger partial charge in [0.15, 0.2) is 0 Å². The average molecular weight is 323 g/mol. The predicted molar refractivity (Wildman–Crippen MR) is 77.9 cm³/mol. The maximum absolute atomic E-state index is 12.9. The van der Waals surface area contributed by atoms with Crippen LogP contribution in [-0.2, 0) is 11.0 Å². The van der Waals surface area contributed by atoms with E-state index < -0.39 is 17.6 Å². The number of benzene rings is 1. The third kappa shape index (κ3) is 4.29. The molecule has 0 aliphatic heterocycles. The van der Waals surface area contributed by atoms with Crippen molar-refractivity contribution in [2.45, 2.75) is 13.1 Å². The van der Waals surface area contributed by atoms with Gasteiger partial charge in [-0.05, 0) is 24.3 Å². The van der Waals surface area contributed by atoms with Gasteiger partial charge in [0.1, 0.15) is 5.82 Å². The molecule has 0 bridgehead atoms. The first-order chi connectivity index (χ1) is 10.8. The first-order valence-corrected chi connectivity index (χ1v) is 6.48. The molecule has 8 heteroatoms. The second kappa shape index (κ2) is 6.47. The van der Waals surface area contributed by atoms with Crippen LogP contribution in [0.5, 0.6) is 0 Å². The number of nitrogens with one attached hydrogen (secondary N) is 2. The molecular weight excluding hydrogens is 311 g/mol. The van der Waals surface area contributed by atoms with Crippen LogP contribution < -0.4 is 10.6 Å². The van der Waals surface area contributed by atoms with Crippen molar-refractivity contribution < 1.29 is 22.8 Å². The number of carbonyl (C=O) groups excluding carboxylic acids is 2. The zero-order valence-electron chi connectivity index (χ0n) is 11.9. The maximum atomic E-state index is 12.9. The summed E-state index contributed by atoms with van der Waals surface area (Å²) in [6, 6.07) is 7.27. The summed E-state index contributed by atoms with van der Waals surface area (Å²) in [5, 5.41) is 4.60. The first-order valence-electron chi connectivity index (χ1n) is 6.48. The van der Waals surface area contributed by atoms with E-state index >= 15 is 0 Å². The number of halogens is 3. The Labute approximate surface area is 129 Å². The summed E-state index contributed by atoms with van der Waals surface area (Å²) in [4.78, 5) is 26.9. The van der Waals surface area contributed by atoms with E-state index in [1.807, 2.05) is 0 Å². The molecule has 23 heavy (non-hydrogen) atoms. The molecule has 0 atom stereocenters. The number of hydrogen-bond acceptors (Lipinski definition) is 3. The Morgan fingerprint density at radius 1 is 1.09 bits per heavy atom. The average Bonchev–Trinajstić information content (AvgIpc) is 2.46. The van der Waals surface area contributed by atoms with Gasteiger partial charge in [-0.1, -0.05) is 12.1 Å². The smallest absolute Gasteiger partial charge is 0.321 e. The van der Waals surface area contributed by atoms with E-state index in [1.54, 1.807) is 0 Å². The fourth-order valence-electron chi connectivity index (χ4n) is 1.85. The molecule has 2 N–H and O–H groups in total. The Balaban J connectivity index is 2.25.